The molecule has 4 heteroatoms. The van der Waals surface area contributed by atoms with Gasteiger partial charge in [0.05, 0.1) is 12.1 Å². The summed E-state index contributed by atoms with van der Waals surface area (Å²) in [5.41, 5.74) is 3.43. The van der Waals surface area contributed by atoms with Crippen LogP contribution in [-0.4, -0.2) is 21.3 Å². The fourth-order valence-corrected chi connectivity index (χ4v) is 2.39. The molecule has 1 N–H and O–H groups in total. The van der Waals surface area contributed by atoms with E-state index in [2.05, 4.69) is 39.7 Å². The lowest BCUT2D eigenvalue weighted by Gasteiger charge is -2.09. The molecule has 0 unspecified atom stereocenters. The first-order valence-corrected chi connectivity index (χ1v) is 6.86. The zero-order chi connectivity index (χ0) is 13.8. The van der Waals surface area contributed by atoms with Gasteiger partial charge in [-0.15, -0.1) is 0 Å². The smallest absolute Gasteiger partial charge is 0.0708 e. The highest BCUT2D eigenvalue weighted by atomic mass is 15.3. The Bertz CT molecular complexity index is 689. The first-order chi connectivity index (χ1) is 9.83. The number of aromatic nitrogens is 3. The van der Waals surface area contributed by atoms with Crippen molar-refractivity contribution in [1.29, 1.82) is 0 Å². The molecule has 102 valence electrons. The number of para-hydroxylation sites is 1. The fourth-order valence-electron chi connectivity index (χ4n) is 2.39. The van der Waals surface area contributed by atoms with E-state index >= 15 is 0 Å². The minimum Gasteiger partial charge on any atom is -0.311 e. The van der Waals surface area contributed by atoms with Crippen LogP contribution in [0.5, 0.6) is 0 Å². The van der Waals surface area contributed by atoms with Crippen molar-refractivity contribution < 1.29 is 0 Å². The molecule has 4 nitrogen and oxygen atoms in total. The second kappa shape index (κ2) is 5.84. The van der Waals surface area contributed by atoms with Crippen molar-refractivity contribution in [2.45, 2.75) is 20.0 Å². The molecule has 0 atom stereocenters. The molecule has 1 aromatic carbocycles. The van der Waals surface area contributed by atoms with Gasteiger partial charge in [-0.1, -0.05) is 18.2 Å². The van der Waals surface area contributed by atoms with E-state index in [-0.39, 0.29) is 0 Å². The highest BCUT2D eigenvalue weighted by molar-refractivity contribution is 5.82. The largest absolute Gasteiger partial charge is 0.311 e. The van der Waals surface area contributed by atoms with E-state index in [9.17, 15) is 0 Å². The first-order valence-electron chi connectivity index (χ1n) is 6.86. The third-order valence-electron chi connectivity index (χ3n) is 3.32. The Labute approximate surface area is 118 Å². The minimum atomic E-state index is 0.852. The molecule has 3 rings (SSSR count). The molecule has 0 spiro atoms. The molecular weight excluding hydrogens is 248 g/mol. The van der Waals surface area contributed by atoms with E-state index in [0.29, 0.717) is 0 Å². The van der Waals surface area contributed by atoms with Crippen molar-refractivity contribution in [1.82, 2.24) is 20.1 Å². The molecule has 0 amide bonds. The van der Waals surface area contributed by atoms with Crippen LogP contribution in [0.3, 0.4) is 0 Å². The van der Waals surface area contributed by atoms with Crippen LogP contribution >= 0.6 is 0 Å². The van der Waals surface area contributed by atoms with Gasteiger partial charge in [0.2, 0.25) is 0 Å². The summed E-state index contributed by atoms with van der Waals surface area (Å²) in [6.07, 6.45) is 3.79. The van der Waals surface area contributed by atoms with Crippen LogP contribution in [0.1, 0.15) is 11.3 Å². The Morgan fingerprint density at radius 1 is 1.20 bits per heavy atom. The van der Waals surface area contributed by atoms with Crippen molar-refractivity contribution in [3.8, 4) is 0 Å². The van der Waals surface area contributed by atoms with Crippen LogP contribution < -0.4 is 5.32 Å². The summed E-state index contributed by atoms with van der Waals surface area (Å²) in [4.78, 5) is 4.56. The minimum absolute atomic E-state index is 0.852. The Morgan fingerprint density at radius 2 is 2.10 bits per heavy atom. The van der Waals surface area contributed by atoms with E-state index in [4.69, 9.17) is 0 Å². The van der Waals surface area contributed by atoms with Crippen LogP contribution in [0.15, 0.2) is 48.8 Å². The summed E-state index contributed by atoms with van der Waals surface area (Å²) < 4.78 is 1.93. The van der Waals surface area contributed by atoms with Crippen molar-refractivity contribution in [2.75, 3.05) is 6.54 Å². The second-order valence-electron chi connectivity index (χ2n) is 4.89. The summed E-state index contributed by atoms with van der Waals surface area (Å²) in [5, 5.41) is 8.89. The highest BCUT2D eigenvalue weighted by Gasteiger charge is 2.03. The van der Waals surface area contributed by atoms with Crippen molar-refractivity contribution in [2.24, 2.45) is 0 Å². The molecule has 0 saturated carbocycles. The molecule has 0 bridgehead atoms. The van der Waals surface area contributed by atoms with Gasteiger partial charge < -0.3 is 5.32 Å². The van der Waals surface area contributed by atoms with Crippen LogP contribution in [0.25, 0.3) is 10.9 Å². The maximum absolute atomic E-state index is 4.56. The molecule has 20 heavy (non-hydrogen) atoms. The predicted octanol–water partition coefficient (Wildman–Crippen LogP) is 2.53. The molecular formula is C16H18N4. The van der Waals surface area contributed by atoms with Crippen molar-refractivity contribution in [3.05, 3.63) is 60.0 Å². The van der Waals surface area contributed by atoms with E-state index in [1.165, 1.54) is 10.9 Å². The average molecular weight is 266 g/mol. The topological polar surface area (TPSA) is 42.7 Å². The van der Waals surface area contributed by atoms with Crippen molar-refractivity contribution in [3.63, 3.8) is 0 Å². The van der Waals surface area contributed by atoms with Crippen LogP contribution in [0.2, 0.25) is 0 Å². The van der Waals surface area contributed by atoms with Crippen LogP contribution in [0.4, 0.5) is 0 Å². The number of pyridine rings is 1. The van der Waals surface area contributed by atoms with Gasteiger partial charge >= 0.3 is 0 Å². The van der Waals surface area contributed by atoms with Gasteiger partial charge in [0.15, 0.2) is 0 Å². The maximum Gasteiger partial charge on any atom is 0.0708 e. The third-order valence-corrected chi connectivity index (χ3v) is 3.32. The van der Waals surface area contributed by atoms with Crippen LogP contribution in [-0.2, 0) is 13.1 Å². The summed E-state index contributed by atoms with van der Waals surface area (Å²) in [6.45, 7) is 4.68. The van der Waals surface area contributed by atoms with Gasteiger partial charge in [0, 0.05) is 36.6 Å². The average Bonchev–Trinajstić information content (AvgIpc) is 2.96. The number of benzene rings is 1. The predicted molar refractivity (Wildman–Crippen MR) is 80.4 cm³/mol. The number of fused-ring (bicyclic) bond motifs is 1. The van der Waals surface area contributed by atoms with Gasteiger partial charge in [-0.25, -0.2) is 0 Å². The maximum atomic E-state index is 4.56. The number of rotatable bonds is 5. The van der Waals surface area contributed by atoms with Gasteiger partial charge in [-0.05, 0) is 30.7 Å². The zero-order valence-electron chi connectivity index (χ0n) is 11.6. The number of nitrogens with one attached hydrogen (secondary N) is 1. The first kappa shape index (κ1) is 12.8. The van der Waals surface area contributed by atoms with Gasteiger partial charge in [0.1, 0.15) is 0 Å². The summed E-state index contributed by atoms with van der Waals surface area (Å²) in [6, 6.07) is 12.4. The molecule has 0 aliphatic heterocycles. The van der Waals surface area contributed by atoms with Crippen LogP contribution in [0, 0.1) is 6.92 Å². The monoisotopic (exact) mass is 266 g/mol. The van der Waals surface area contributed by atoms with E-state index in [0.717, 1.165) is 30.8 Å². The Balaban J connectivity index is 1.68. The molecule has 0 saturated heterocycles. The number of aryl methyl sites for hydroxylation is 1. The number of nitrogens with zero attached hydrogens (tertiary/aromatic N) is 3. The molecule has 0 fully saturated rings. The van der Waals surface area contributed by atoms with Gasteiger partial charge in [-0.2, -0.15) is 5.10 Å². The normalized spacial score (nSPS) is 11.1. The summed E-state index contributed by atoms with van der Waals surface area (Å²) in [5.74, 6) is 0. The third kappa shape index (κ3) is 2.86. The SMILES string of the molecule is Cc1cc(CNCCn2cccn2)c2ccccc2n1. The Hall–Kier alpha value is -2.20. The molecule has 2 heterocycles. The highest BCUT2D eigenvalue weighted by Crippen LogP contribution is 2.17. The lowest BCUT2D eigenvalue weighted by atomic mass is 10.1. The molecule has 0 aliphatic rings. The summed E-state index contributed by atoms with van der Waals surface area (Å²) in [7, 11) is 0. The number of hydrogen-bond acceptors (Lipinski definition) is 3. The van der Waals surface area contributed by atoms with Gasteiger partial charge in [0.25, 0.3) is 0 Å². The summed E-state index contributed by atoms with van der Waals surface area (Å²) >= 11 is 0. The lowest BCUT2D eigenvalue weighted by Crippen LogP contribution is -2.20. The Kier molecular flexibility index (Phi) is 3.74. The Morgan fingerprint density at radius 3 is 2.95 bits per heavy atom. The molecule has 0 radical (unpaired) electrons. The van der Waals surface area contributed by atoms with E-state index in [1.54, 1.807) is 6.20 Å². The lowest BCUT2D eigenvalue weighted by molar-refractivity contribution is 0.555. The van der Waals surface area contributed by atoms with E-state index < -0.39 is 0 Å². The molecule has 2 aromatic heterocycles. The van der Waals surface area contributed by atoms with Gasteiger partial charge in [-0.3, -0.25) is 9.67 Å². The fraction of sp³-hybridized carbons (Fsp3) is 0.250. The zero-order valence-corrected chi connectivity index (χ0v) is 11.6. The quantitative estimate of drug-likeness (QED) is 0.722. The second-order valence-corrected chi connectivity index (χ2v) is 4.89. The van der Waals surface area contributed by atoms with Crippen molar-refractivity contribution >= 4 is 10.9 Å². The number of hydrogen-bond donors (Lipinski definition) is 1. The standard InChI is InChI=1S/C16H18N4/c1-13-11-14(15-5-2-3-6-16(15)19-13)12-17-8-10-20-9-4-7-18-20/h2-7,9,11,17H,8,10,12H2,1H3. The van der Waals surface area contributed by atoms with E-state index in [1.807, 2.05) is 29.9 Å². The molecule has 0 aliphatic carbocycles. The molecule has 3 aromatic rings.